The van der Waals surface area contributed by atoms with Crippen molar-refractivity contribution in [2.24, 2.45) is 0 Å². The molecule has 60 valence electrons. The molecule has 0 aliphatic carbocycles. The zero-order chi connectivity index (χ0) is 7.72. The molecule has 0 spiro atoms. The van der Waals surface area contributed by atoms with E-state index in [0.29, 0.717) is 5.75 Å². The lowest BCUT2D eigenvalue weighted by atomic mass is 10.2. The second-order valence-electron chi connectivity index (χ2n) is 2.64. The number of hydrogen-bond donors (Lipinski definition) is 3. The zero-order valence-corrected chi connectivity index (χ0v) is 6.71. The number of hydrogen-bond acceptors (Lipinski definition) is 3. The van der Waals surface area contributed by atoms with Crippen molar-refractivity contribution >= 4 is 10.9 Å². The molecule has 1 aliphatic heterocycles. The van der Waals surface area contributed by atoms with Crippen LogP contribution in [-0.4, -0.2) is 51.4 Å². The van der Waals surface area contributed by atoms with Crippen LogP contribution in [0.3, 0.4) is 0 Å². The van der Waals surface area contributed by atoms with Crippen LogP contribution in [0.4, 0.5) is 0 Å². The highest BCUT2D eigenvalue weighted by Crippen LogP contribution is 2.20. The molecular formula is C6H13O3S+. The second kappa shape index (κ2) is 3.09. The van der Waals surface area contributed by atoms with Crippen LogP contribution in [0.15, 0.2) is 0 Å². The number of rotatable bonds is 1. The molecule has 1 aliphatic rings. The van der Waals surface area contributed by atoms with Gasteiger partial charge in [-0.3, -0.25) is 0 Å². The lowest BCUT2D eigenvalue weighted by molar-refractivity contribution is 0.0325. The van der Waals surface area contributed by atoms with Crippen molar-refractivity contribution in [3.05, 3.63) is 0 Å². The summed E-state index contributed by atoms with van der Waals surface area (Å²) >= 11 is 0. The van der Waals surface area contributed by atoms with Gasteiger partial charge < -0.3 is 15.3 Å². The van der Waals surface area contributed by atoms with E-state index in [1.807, 2.05) is 6.26 Å². The van der Waals surface area contributed by atoms with Crippen molar-refractivity contribution in [2.45, 2.75) is 17.5 Å². The van der Waals surface area contributed by atoms with E-state index in [4.69, 9.17) is 10.2 Å². The summed E-state index contributed by atoms with van der Waals surface area (Å²) in [5.41, 5.74) is 0. The maximum Gasteiger partial charge on any atom is 0.169 e. The average molecular weight is 165 g/mol. The highest BCUT2D eigenvalue weighted by atomic mass is 32.2. The maximum atomic E-state index is 9.22. The molecule has 3 N–H and O–H groups in total. The maximum absolute atomic E-state index is 9.22. The van der Waals surface area contributed by atoms with Crippen molar-refractivity contribution in [3.8, 4) is 0 Å². The highest BCUT2D eigenvalue weighted by molar-refractivity contribution is 7.97. The van der Waals surface area contributed by atoms with Gasteiger partial charge in [0.1, 0.15) is 18.0 Å². The summed E-state index contributed by atoms with van der Waals surface area (Å²) in [5.74, 6) is 0.631. The van der Waals surface area contributed by atoms with Crippen molar-refractivity contribution in [3.63, 3.8) is 0 Å². The van der Waals surface area contributed by atoms with E-state index in [0.717, 1.165) is 0 Å². The fourth-order valence-corrected chi connectivity index (χ4v) is 3.11. The van der Waals surface area contributed by atoms with Gasteiger partial charge in [0.15, 0.2) is 5.25 Å². The Morgan fingerprint density at radius 3 is 2.30 bits per heavy atom. The van der Waals surface area contributed by atoms with Crippen LogP contribution in [0.25, 0.3) is 0 Å². The largest absolute Gasteiger partial charge is 0.391 e. The topological polar surface area (TPSA) is 60.7 Å². The lowest BCUT2D eigenvalue weighted by Crippen LogP contribution is -2.33. The molecule has 0 amide bonds. The molecule has 1 unspecified atom stereocenters. The van der Waals surface area contributed by atoms with Crippen LogP contribution in [0.1, 0.15) is 0 Å². The minimum atomic E-state index is -0.710. The normalized spacial score (nSPS) is 48.0. The second-order valence-corrected chi connectivity index (χ2v) is 4.96. The van der Waals surface area contributed by atoms with E-state index in [9.17, 15) is 5.11 Å². The van der Waals surface area contributed by atoms with Crippen molar-refractivity contribution < 1.29 is 15.3 Å². The molecule has 4 atom stereocenters. The van der Waals surface area contributed by atoms with Crippen LogP contribution >= 0.6 is 0 Å². The summed E-state index contributed by atoms with van der Waals surface area (Å²) < 4.78 is 0. The van der Waals surface area contributed by atoms with Gasteiger partial charge in [-0.15, -0.1) is 0 Å². The van der Waals surface area contributed by atoms with Gasteiger partial charge in [-0.1, -0.05) is 0 Å². The van der Waals surface area contributed by atoms with E-state index >= 15 is 0 Å². The third-order valence-electron chi connectivity index (χ3n) is 1.91. The smallest absolute Gasteiger partial charge is 0.169 e. The van der Waals surface area contributed by atoms with Crippen molar-refractivity contribution in [1.29, 1.82) is 0 Å². The monoisotopic (exact) mass is 165 g/mol. The quantitative estimate of drug-likeness (QED) is 0.407. The summed E-state index contributed by atoms with van der Waals surface area (Å²) in [4.78, 5) is 0. The average Bonchev–Trinajstić information content (AvgIpc) is 2.09. The Bertz CT molecular complexity index is 120. The SMILES string of the molecule is C[S+]1C[C@@H](O)[C@H](O)[C@H]1CO. The fourth-order valence-electron chi connectivity index (χ4n) is 1.21. The van der Waals surface area contributed by atoms with Gasteiger partial charge in [0, 0.05) is 0 Å². The molecule has 0 aromatic heterocycles. The van der Waals surface area contributed by atoms with E-state index in [1.165, 1.54) is 0 Å². The van der Waals surface area contributed by atoms with Crippen LogP contribution < -0.4 is 0 Å². The predicted molar refractivity (Wildman–Crippen MR) is 41.0 cm³/mol. The lowest BCUT2D eigenvalue weighted by Gasteiger charge is -2.08. The molecule has 0 radical (unpaired) electrons. The Morgan fingerprint density at radius 1 is 1.50 bits per heavy atom. The molecule has 3 nitrogen and oxygen atoms in total. The van der Waals surface area contributed by atoms with E-state index in [2.05, 4.69) is 0 Å². The summed E-state index contributed by atoms with van der Waals surface area (Å²) in [5, 5.41) is 27.0. The fraction of sp³-hybridized carbons (Fsp3) is 1.00. The molecule has 0 saturated carbocycles. The van der Waals surface area contributed by atoms with Crippen LogP contribution in [0, 0.1) is 0 Å². The Hall–Kier alpha value is 0.230. The summed E-state index contributed by atoms with van der Waals surface area (Å²) in [6.07, 6.45) is 0.629. The van der Waals surface area contributed by atoms with E-state index in [1.54, 1.807) is 0 Å². The number of aliphatic hydroxyl groups is 3. The van der Waals surface area contributed by atoms with Crippen LogP contribution in [0.5, 0.6) is 0 Å². The van der Waals surface area contributed by atoms with Gasteiger partial charge >= 0.3 is 0 Å². The Kier molecular flexibility index (Phi) is 2.57. The van der Waals surface area contributed by atoms with Crippen LogP contribution in [-0.2, 0) is 10.9 Å². The van der Waals surface area contributed by atoms with Crippen LogP contribution in [0.2, 0.25) is 0 Å². The Balaban J connectivity index is 2.55. The molecule has 1 heterocycles. The summed E-state index contributed by atoms with van der Waals surface area (Å²) in [6, 6.07) is 0. The molecule has 0 aromatic rings. The molecule has 0 aromatic carbocycles. The minimum Gasteiger partial charge on any atom is -0.391 e. The molecule has 0 bridgehead atoms. The molecule has 10 heavy (non-hydrogen) atoms. The number of aliphatic hydroxyl groups excluding tert-OH is 3. The van der Waals surface area contributed by atoms with Gasteiger partial charge in [0.25, 0.3) is 0 Å². The van der Waals surface area contributed by atoms with Crippen molar-refractivity contribution in [2.75, 3.05) is 18.6 Å². The molecular weight excluding hydrogens is 152 g/mol. The predicted octanol–water partition coefficient (Wildman–Crippen LogP) is -1.67. The Labute approximate surface area is 63.0 Å². The third kappa shape index (κ3) is 1.29. The molecule has 4 heteroatoms. The van der Waals surface area contributed by atoms with Gasteiger partial charge in [-0.25, -0.2) is 0 Å². The van der Waals surface area contributed by atoms with Crippen molar-refractivity contribution in [1.82, 2.24) is 0 Å². The van der Waals surface area contributed by atoms with Gasteiger partial charge in [-0.2, -0.15) is 0 Å². The molecule has 1 saturated heterocycles. The first-order valence-electron chi connectivity index (χ1n) is 3.25. The third-order valence-corrected chi connectivity index (χ3v) is 4.23. The minimum absolute atomic E-state index is 0.0160. The summed E-state index contributed by atoms with van der Waals surface area (Å²) in [7, 11) is -0.0208. The molecule has 1 rings (SSSR count). The first kappa shape index (κ1) is 8.33. The Morgan fingerprint density at radius 2 is 2.10 bits per heavy atom. The highest BCUT2D eigenvalue weighted by Gasteiger charge is 2.46. The van der Waals surface area contributed by atoms with Gasteiger partial charge in [0.05, 0.1) is 12.9 Å². The van der Waals surface area contributed by atoms with Gasteiger partial charge in [0.2, 0.25) is 0 Å². The van der Waals surface area contributed by atoms with Gasteiger partial charge in [-0.05, 0) is 10.9 Å². The standard InChI is InChI=1S/C6H13O3S/c1-10-3-4(8)6(9)5(10)2-7/h4-9H,2-3H2,1H3/q+1/t4-,5-,6+,10?/m1/s1. The summed E-state index contributed by atoms with van der Waals surface area (Å²) in [6.45, 7) is -0.0160. The first-order valence-corrected chi connectivity index (χ1v) is 5.11. The zero-order valence-electron chi connectivity index (χ0n) is 5.90. The molecule has 1 fully saturated rings. The van der Waals surface area contributed by atoms with E-state index in [-0.39, 0.29) is 22.8 Å². The van der Waals surface area contributed by atoms with E-state index < -0.39 is 12.2 Å². The first-order chi connectivity index (χ1) is 4.66.